The Kier molecular flexibility index (Phi) is 4.12. The molecule has 7 heteroatoms. The highest BCUT2D eigenvalue weighted by atomic mass is 19.2. The third-order valence-corrected chi connectivity index (χ3v) is 4.20. The Morgan fingerprint density at radius 3 is 2.56 bits per heavy atom. The van der Waals surface area contributed by atoms with Crippen LogP contribution in [0.5, 0.6) is 0 Å². The quantitative estimate of drug-likeness (QED) is 0.594. The monoisotopic (exact) mass is 364 g/mol. The molecule has 0 aliphatic heterocycles. The van der Waals surface area contributed by atoms with Crippen LogP contribution in [-0.2, 0) is 7.05 Å². The summed E-state index contributed by atoms with van der Waals surface area (Å²) in [6.45, 7) is 0. The molecule has 0 aliphatic rings. The fraction of sp³-hybridized carbons (Fsp3) is 0.0500. The second kappa shape index (κ2) is 6.60. The van der Waals surface area contributed by atoms with Gasteiger partial charge in [0.05, 0.1) is 22.8 Å². The largest absolute Gasteiger partial charge is 0.322 e. The third kappa shape index (κ3) is 3.15. The summed E-state index contributed by atoms with van der Waals surface area (Å²) in [5, 5.41) is 7.33. The molecule has 1 amide bonds. The van der Waals surface area contributed by atoms with E-state index in [1.165, 1.54) is 6.07 Å². The topological polar surface area (TPSA) is 59.8 Å². The van der Waals surface area contributed by atoms with Crippen molar-refractivity contribution in [1.82, 2.24) is 14.8 Å². The maximum absolute atomic E-state index is 13.4. The second-order valence-electron chi connectivity index (χ2n) is 6.01. The van der Waals surface area contributed by atoms with Crippen LogP contribution in [0.2, 0.25) is 0 Å². The number of carbonyl (C=O) groups is 1. The summed E-state index contributed by atoms with van der Waals surface area (Å²) in [5.74, 6) is -2.46. The SMILES string of the molecule is Cn1ncc2c(C(=O)Nc3ccc(F)c(F)c3)cc(-c3ccccc3)nc21. The van der Waals surface area contributed by atoms with Gasteiger partial charge in [-0.15, -0.1) is 0 Å². The van der Waals surface area contributed by atoms with E-state index < -0.39 is 17.5 Å². The first-order valence-electron chi connectivity index (χ1n) is 8.17. The number of anilines is 1. The van der Waals surface area contributed by atoms with Crippen molar-refractivity contribution < 1.29 is 13.6 Å². The van der Waals surface area contributed by atoms with Gasteiger partial charge in [-0.3, -0.25) is 9.48 Å². The summed E-state index contributed by atoms with van der Waals surface area (Å²) in [5.41, 5.74) is 2.52. The van der Waals surface area contributed by atoms with E-state index in [-0.39, 0.29) is 5.69 Å². The molecule has 5 nitrogen and oxygen atoms in total. The van der Waals surface area contributed by atoms with Crippen LogP contribution < -0.4 is 5.32 Å². The summed E-state index contributed by atoms with van der Waals surface area (Å²) in [6, 6.07) is 14.3. The van der Waals surface area contributed by atoms with Crippen molar-refractivity contribution in [2.45, 2.75) is 0 Å². The Bertz CT molecular complexity index is 1160. The standard InChI is InChI=1S/C20H14F2N4O/c1-26-19-15(11-23-26)14(10-18(25-19)12-5-3-2-4-6-12)20(27)24-13-7-8-16(21)17(22)9-13/h2-11H,1H3,(H,24,27). The van der Waals surface area contributed by atoms with E-state index in [1.54, 1.807) is 24.0 Å². The van der Waals surface area contributed by atoms with E-state index >= 15 is 0 Å². The number of aryl methyl sites for hydroxylation is 1. The van der Waals surface area contributed by atoms with E-state index in [9.17, 15) is 13.6 Å². The summed E-state index contributed by atoms with van der Waals surface area (Å²) in [4.78, 5) is 17.4. The van der Waals surface area contributed by atoms with E-state index in [4.69, 9.17) is 0 Å². The summed E-state index contributed by atoms with van der Waals surface area (Å²) >= 11 is 0. The zero-order chi connectivity index (χ0) is 19.0. The number of rotatable bonds is 3. The molecule has 0 aliphatic carbocycles. The Morgan fingerprint density at radius 2 is 1.81 bits per heavy atom. The smallest absolute Gasteiger partial charge is 0.256 e. The first kappa shape index (κ1) is 16.8. The maximum Gasteiger partial charge on any atom is 0.256 e. The molecule has 0 atom stereocenters. The van der Waals surface area contributed by atoms with Crippen molar-refractivity contribution in [1.29, 1.82) is 0 Å². The predicted molar refractivity (Wildman–Crippen MR) is 98.3 cm³/mol. The first-order valence-corrected chi connectivity index (χ1v) is 8.17. The number of hydrogen-bond acceptors (Lipinski definition) is 3. The van der Waals surface area contributed by atoms with Gasteiger partial charge < -0.3 is 5.32 Å². The number of benzene rings is 2. The van der Waals surface area contributed by atoms with Crippen molar-refractivity contribution in [3.63, 3.8) is 0 Å². The number of aromatic nitrogens is 3. The minimum absolute atomic E-state index is 0.161. The van der Waals surface area contributed by atoms with Gasteiger partial charge in [-0.25, -0.2) is 13.8 Å². The van der Waals surface area contributed by atoms with E-state index in [2.05, 4.69) is 15.4 Å². The molecule has 0 unspecified atom stereocenters. The second-order valence-corrected chi connectivity index (χ2v) is 6.01. The number of hydrogen-bond donors (Lipinski definition) is 1. The van der Waals surface area contributed by atoms with Gasteiger partial charge in [-0.1, -0.05) is 30.3 Å². The van der Waals surface area contributed by atoms with Crippen LogP contribution in [0.4, 0.5) is 14.5 Å². The summed E-state index contributed by atoms with van der Waals surface area (Å²) < 4.78 is 28.1. The molecule has 27 heavy (non-hydrogen) atoms. The molecule has 0 saturated heterocycles. The molecule has 1 N–H and O–H groups in total. The van der Waals surface area contributed by atoms with Crippen molar-refractivity contribution in [2.24, 2.45) is 7.05 Å². The van der Waals surface area contributed by atoms with Gasteiger partial charge in [0.25, 0.3) is 5.91 Å². The maximum atomic E-state index is 13.4. The highest BCUT2D eigenvalue weighted by Crippen LogP contribution is 2.25. The lowest BCUT2D eigenvalue weighted by Crippen LogP contribution is -2.13. The molecule has 0 saturated carbocycles. The zero-order valence-corrected chi connectivity index (χ0v) is 14.3. The van der Waals surface area contributed by atoms with Crippen LogP contribution in [0.3, 0.4) is 0 Å². The number of fused-ring (bicyclic) bond motifs is 1. The third-order valence-electron chi connectivity index (χ3n) is 4.20. The van der Waals surface area contributed by atoms with Crippen LogP contribution >= 0.6 is 0 Å². The highest BCUT2D eigenvalue weighted by Gasteiger charge is 2.17. The molecule has 0 fully saturated rings. The number of pyridine rings is 1. The van der Waals surface area contributed by atoms with E-state index in [0.29, 0.717) is 22.3 Å². The number of nitrogens with zero attached hydrogens (tertiary/aromatic N) is 3. The molecule has 0 bridgehead atoms. The van der Waals surface area contributed by atoms with Crippen molar-refractivity contribution in [3.05, 3.63) is 78.0 Å². The van der Waals surface area contributed by atoms with E-state index in [0.717, 1.165) is 17.7 Å². The molecule has 2 aromatic heterocycles. The molecule has 0 radical (unpaired) electrons. The molecule has 4 aromatic rings. The Balaban J connectivity index is 1.80. The van der Waals surface area contributed by atoms with Crippen LogP contribution in [0.1, 0.15) is 10.4 Å². The fourth-order valence-corrected chi connectivity index (χ4v) is 2.83. The minimum Gasteiger partial charge on any atom is -0.322 e. The number of amides is 1. The molecular formula is C20H14F2N4O. The normalized spacial score (nSPS) is 10.9. The molecule has 2 heterocycles. The van der Waals surface area contributed by atoms with Crippen molar-refractivity contribution >= 4 is 22.6 Å². The first-order chi connectivity index (χ1) is 13.0. The fourth-order valence-electron chi connectivity index (χ4n) is 2.83. The van der Waals surface area contributed by atoms with E-state index in [1.807, 2.05) is 30.3 Å². The Hall–Kier alpha value is -3.61. The van der Waals surface area contributed by atoms with Gasteiger partial charge in [-0.2, -0.15) is 5.10 Å². The number of halogens is 2. The number of carbonyl (C=O) groups excluding carboxylic acids is 1. The highest BCUT2D eigenvalue weighted by molar-refractivity contribution is 6.12. The summed E-state index contributed by atoms with van der Waals surface area (Å²) in [7, 11) is 1.74. The molecule has 4 rings (SSSR count). The van der Waals surface area contributed by atoms with Crippen LogP contribution in [0.15, 0.2) is 60.8 Å². The van der Waals surface area contributed by atoms with Gasteiger partial charge in [0, 0.05) is 24.4 Å². The number of nitrogens with one attached hydrogen (secondary N) is 1. The lowest BCUT2D eigenvalue weighted by Gasteiger charge is -2.09. The zero-order valence-electron chi connectivity index (χ0n) is 14.3. The lowest BCUT2D eigenvalue weighted by molar-refractivity contribution is 0.102. The van der Waals surface area contributed by atoms with Gasteiger partial charge in [-0.05, 0) is 18.2 Å². The van der Waals surface area contributed by atoms with Gasteiger partial charge in [0.15, 0.2) is 17.3 Å². The van der Waals surface area contributed by atoms with Crippen LogP contribution in [0.25, 0.3) is 22.3 Å². The van der Waals surface area contributed by atoms with Gasteiger partial charge in [0.1, 0.15) is 0 Å². The minimum atomic E-state index is -1.03. The van der Waals surface area contributed by atoms with Crippen molar-refractivity contribution in [3.8, 4) is 11.3 Å². The Morgan fingerprint density at radius 1 is 1.04 bits per heavy atom. The van der Waals surface area contributed by atoms with Gasteiger partial charge in [0.2, 0.25) is 0 Å². The summed E-state index contributed by atoms with van der Waals surface area (Å²) in [6.07, 6.45) is 1.55. The van der Waals surface area contributed by atoms with Crippen LogP contribution in [-0.4, -0.2) is 20.7 Å². The lowest BCUT2D eigenvalue weighted by atomic mass is 10.1. The van der Waals surface area contributed by atoms with Crippen LogP contribution in [0, 0.1) is 11.6 Å². The molecule has 134 valence electrons. The van der Waals surface area contributed by atoms with Crippen molar-refractivity contribution in [2.75, 3.05) is 5.32 Å². The Labute approximate surface area is 153 Å². The average Bonchev–Trinajstić information content (AvgIpc) is 3.06. The molecule has 2 aromatic carbocycles. The molecular weight excluding hydrogens is 350 g/mol. The average molecular weight is 364 g/mol. The predicted octanol–water partition coefficient (Wildman–Crippen LogP) is 4.17. The van der Waals surface area contributed by atoms with Gasteiger partial charge >= 0.3 is 0 Å². The molecule has 0 spiro atoms.